The van der Waals surface area contributed by atoms with Gasteiger partial charge in [0, 0.05) is 31.9 Å². The Morgan fingerprint density at radius 2 is 2.06 bits per heavy atom. The lowest BCUT2D eigenvalue weighted by Gasteiger charge is -2.18. The molecule has 0 aromatic heterocycles. The maximum absolute atomic E-state index is 12.3. The molecule has 1 aromatic rings. The van der Waals surface area contributed by atoms with Crippen molar-refractivity contribution in [3.05, 3.63) is 29.3 Å². The van der Waals surface area contributed by atoms with Crippen LogP contribution in [0.3, 0.4) is 0 Å². The van der Waals surface area contributed by atoms with E-state index in [2.05, 4.69) is 12.2 Å². The Bertz CT molecular complexity index is 401. The number of nitrogens with one attached hydrogen (secondary N) is 1. The molecule has 0 bridgehead atoms. The largest absolute Gasteiger partial charge is 0.388 e. The Labute approximate surface area is 110 Å². The van der Waals surface area contributed by atoms with Crippen LogP contribution in [0.4, 0.5) is 5.69 Å². The Balaban J connectivity index is 2.71. The summed E-state index contributed by atoms with van der Waals surface area (Å²) in [7, 11) is 3.76. The first-order valence-electron chi connectivity index (χ1n) is 6.64. The molecular weight excluding hydrogens is 224 g/mol. The van der Waals surface area contributed by atoms with E-state index in [-0.39, 0.29) is 5.91 Å². The number of anilines is 1. The molecule has 0 aliphatic rings. The van der Waals surface area contributed by atoms with E-state index in [0.29, 0.717) is 0 Å². The summed E-state index contributed by atoms with van der Waals surface area (Å²) in [4.78, 5) is 14.1. The SMILES string of the molecule is CCCCCN(C)C(=O)c1ccc(NC)cc1C. The van der Waals surface area contributed by atoms with E-state index < -0.39 is 0 Å². The minimum atomic E-state index is 0.117. The van der Waals surface area contributed by atoms with E-state index in [1.807, 2.05) is 44.1 Å². The summed E-state index contributed by atoms with van der Waals surface area (Å²) < 4.78 is 0. The number of nitrogens with zero attached hydrogens (tertiary/aromatic N) is 1. The fraction of sp³-hybridized carbons (Fsp3) is 0.533. The Morgan fingerprint density at radius 3 is 2.61 bits per heavy atom. The molecule has 0 spiro atoms. The normalized spacial score (nSPS) is 10.2. The molecule has 0 aliphatic heterocycles. The minimum Gasteiger partial charge on any atom is -0.388 e. The van der Waals surface area contributed by atoms with Crippen LogP contribution in [0.15, 0.2) is 18.2 Å². The van der Waals surface area contributed by atoms with E-state index in [1.165, 1.54) is 12.8 Å². The molecule has 1 amide bonds. The molecule has 3 nitrogen and oxygen atoms in total. The van der Waals surface area contributed by atoms with Crippen molar-refractivity contribution in [3.63, 3.8) is 0 Å². The lowest BCUT2D eigenvalue weighted by molar-refractivity contribution is 0.0792. The quantitative estimate of drug-likeness (QED) is 0.783. The number of aryl methyl sites for hydroxylation is 1. The smallest absolute Gasteiger partial charge is 0.253 e. The molecular formula is C15H24N2O. The monoisotopic (exact) mass is 248 g/mol. The fourth-order valence-corrected chi connectivity index (χ4v) is 1.97. The summed E-state index contributed by atoms with van der Waals surface area (Å²) in [5.74, 6) is 0.117. The molecule has 0 heterocycles. The number of rotatable bonds is 6. The van der Waals surface area contributed by atoms with E-state index in [4.69, 9.17) is 0 Å². The van der Waals surface area contributed by atoms with Crippen LogP contribution in [0.25, 0.3) is 0 Å². The Kier molecular flexibility index (Phi) is 5.69. The minimum absolute atomic E-state index is 0.117. The Hall–Kier alpha value is -1.51. The zero-order valence-electron chi connectivity index (χ0n) is 11.9. The molecule has 0 atom stereocenters. The van der Waals surface area contributed by atoms with Crippen molar-refractivity contribution in [2.75, 3.05) is 26.0 Å². The number of unbranched alkanes of at least 4 members (excludes halogenated alkanes) is 2. The van der Waals surface area contributed by atoms with Crippen molar-refractivity contribution in [3.8, 4) is 0 Å². The molecule has 0 unspecified atom stereocenters. The number of benzene rings is 1. The summed E-state index contributed by atoms with van der Waals surface area (Å²) in [5, 5.41) is 3.08. The molecule has 0 radical (unpaired) electrons. The van der Waals surface area contributed by atoms with Gasteiger partial charge in [0.1, 0.15) is 0 Å². The van der Waals surface area contributed by atoms with Gasteiger partial charge in [-0.25, -0.2) is 0 Å². The van der Waals surface area contributed by atoms with Gasteiger partial charge in [0.25, 0.3) is 5.91 Å². The summed E-state index contributed by atoms with van der Waals surface area (Å²) in [6, 6.07) is 5.85. The molecule has 0 saturated carbocycles. The zero-order valence-corrected chi connectivity index (χ0v) is 11.9. The zero-order chi connectivity index (χ0) is 13.5. The number of hydrogen-bond acceptors (Lipinski definition) is 2. The lowest BCUT2D eigenvalue weighted by atomic mass is 10.1. The lowest BCUT2D eigenvalue weighted by Crippen LogP contribution is -2.28. The van der Waals surface area contributed by atoms with Crippen LogP contribution in [0.5, 0.6) is 0 Å². The van der Waals surface area contributed by atoms with Crippen LogP contribution in [0.1, 0.15) is 42.1 Å². The Morgan fingerprint density at radius 1 is 1.33 bits per heavy atom. The number of hydrogen-bond donors (Lipinski definition) is 1. The summed E-state index contributed by atoms with van der Waals surface area (Å²) in [6.45, 7) is 4.98. The maximum atomic E-state index is 12.3. The van der Waals surface area contributed by atoms with Crippen LogP contribution in [0.2, 0.25) is 0 Å². The molecule has 0 saturated heterocycles. The summed E-state index contributed by atoms with van der Waals surface area (Å²) in [5.41, 5.74) is 2.86. The highest BCUT2D eigenvalue weighted by molar-refractivity contribution is 5.95. The average molecular weight is 248 g/mol. The standard InChI is InChI=1S/C15H24N2O/c1-5-6-7-10-17(4)15(18)14-9-8-13(16-3)11-12(14)2/h8-9,11,16H,5-7,10H2,1-4H3. The molecule has 18 heavy (non-hydrogen) atoms. The first-order valence-corrected chi connectivity index (χ1v) is 6.64. The van der Waals surface area contributed by atoms with Crippen molar-refractivity contribution in [1.29, 1.82) is 0 Å². The van der Waals surface area contributed by atoms with E-state index in [0.717, 1.165) is 29.8 Å². The molecule has 3 heteroatoms. The number of amides is 1. The van der Waals surface area contributed by atoms with Gasteiger partial charge in [-0.1, -0.05) is 19.8 Å². The van der Waals surface area contributed by atoms with Crippen LogP contribution in [0, 0.1) is 6.92 Å². The van der Waals surface area contributed by atoms with Gasteiger partial charge < -0.3 is 10.2 Å². The molecule has 0 fully saturated rings. The van der Waals surface area contributed by atoms with Gasteiger partial charge >= 0.3 is 0 Å². The van der Waals surface area contributed by atoms with Crippen LogP contribution in [-0.2, 0) is 0 Å². The molecule has 1 rings (SSSR count). The van der Waals surface area contributed by atoms with Crippen molar-refractivity contribution in [1.82, 2.24) is 4.90 Å². The molecule has 1 aromatic carbocycles. The molecule has 100 valence electrons. The summed E-state index contributed by atoms with van der Waals surface area (Å²) in [6.07, 6.45) is 3.43. The molecule has 1 N–H and O–H groups in total. The second-order valence-electron chi connectivity index (χ2n) is 4.71. The van der Waals surface area contributed by atoms with Crippen molar-refractivity contribution < 1.29 is 4.79 Å². The molecule has 0 aliphatic carbocycles. The fourth-order valence-electron chi connectivity index (χ4n) is 1.97. The van der Waals surface area contributed by atoms with Gasteiger partial charge in [-0.05, 0) is 37.1 Å². The third-order valence-electron chi connectivity index (χ3n) is 3.19. The highest BCUT2D eigenvalue weighted by Crippen LogP contribution is 2.16. The predicted octanol–water partition coefficient (Wildman–Crippen LogP) is 3.30. The van der Waals surface area contributed by atoms with E-state index in [1.54, 1.807) is 0 Å². The second kappa shape index (κ2) is 7.04. The number of carbonyl (C=O) groups excluding carboxylic acids is 1. The van der Waals surface area contributed by atoms with E-state index >= 15 is 0 Å². The average Bonchev–Trinajstić information content (AvgIpc) is 2.38. The van der Waals surface area contributed by atoms with Crippen LogP contribution >= 0.6 is 0 Å². The van der Waals surface area contributed by atoms with E-state index in [9.17, 15) is 4.79 Å². The topological polar surface area (TPSA) is 32.3 Å². The first kappa shape index (κ1) is 14.6. The maximum Gasteiger partial charge on any atom is 0.253 e. The first-order chi connectivity index (χ1) is 8.60. The summed E-state index contributed by atoms with van der Waals surface area (Å²) >= 11 is 0. The second-order valence-corrected chi connectivity index (χ2v) is 4.71. The van der Waals surface area contributed by atoms with Crippen molar-refractivity contribution >= 4 is 11.6 Å². The third kappa shape index (κ3) is 3.76. The van der Waals surface area contributed by atoms with Gasteiger partial charge in [0.05, 0.1) is 0 Å². The van der Waals surface area contributed by atoms with Crippen LogP contribution < -0.4 is 5.32 Å². The van der Waals surface area contributed by atoms with Gasteiger partial charge in [0.15, 0.2) is 0 Å². The van der Waals surface area contributed by atoms with Crippen LogP contribution in [-0.4, -0.2) is 31.4 Å². The van der Waals surface area contributed by atoms with Gasteiger partial charge in [-0.15, -0.1) is 0 Å². The van der Waals surface area contributed by atoms with Crippen molar-refractivity contribution in [2.45, 2.75) is 33.1 Å². The van der Waals surface area contributed by atoms with Gasteiger partial charge in [-0.2, -0.15) is 0 Å². The third-order valence-corrected chi connectivity index (χ3v) is 3.19. The highest BCUT2D eigenvalue weighted by Gasteiger charge is 2.13. The van der Waals surface area contributed by atoms with Crippen molar-refractivity contribution in [2.24, 2.45) is 0 Å². The number of carbonyl (C=O) groups is 1. The van der Waals surface area contributed by atoms with Gasteiger partial charge in [-0.3, -0.25) is 4.79 Å². The van der Waals surface area contributed by atoms with Gasteiger partial charge in [0.2, 0.25) is 0 Å². The highest BCUT2D eigenvalue weighted by atomic mass is 16.2. The predicted molar refractivity (Wildman–Crippen MR) is 77.2 cm³/mol.